The van der Waals surface area contributed by atoms with Crippen LogP contribution in [0.5, 0.6) is 0 Å². The molecule has 2 aromatic carbocycles. The summed E-state index contributed by atoms with van der Waals surface area (Å²) in [7, 11) is 0. The summed E-state index contributed by atoms with van der Waals surface area (Å²) < 4.78 is 0. The van der Waals surface area contributed by atoms with Crippen molar-refractivity contribution in [1.29, 1.82) is 0 Å². The standard InChI is InChI=1S/C22H26N2O2/c25-15-17-5-6-18-13-24(14-19(18)11-17)21-9-7-20(8-10-21)23-22(26)12-16-3-1-2-4-16/h5-11,16,25H,1-4,12-15H2,(H,23,26). The minimum Gasteiger partial charge on any atom is -0.392 e. The van der Waals surface area contributed by atoms with E-state index in [1.807, 2.05) is 18.2 Å². The highest BCUT2D eigenvalue weighted by Crippen LogP contribution is 2.30. The number of rotatable bonds is 5. The van der Waals surface area contributed by atoms with Gasteiger partial charge in [0.2, 0.25) is 5.91 Å². The summed E-state index contributed by atoms with van der Waals surface area (Å²) in [4.78, 5) is 14.5. The number of amides is 1. The molecule has 0 unspecified atom stereocenters. The highest BCUT2D eigenvalue weighted by molar-refractivity contribution is 5.91. The summed E-state index contributed by atoms with van der Waals surface area (Å²) in [5.41, 5.74) is 5.59. The van der Waals surface area contributed by atoms with Gasteiger partial charge in [-0.3, -0.25) is 4.79 Å². The second-order valence-corrected chi connectivity index (χ2v) is 7.57. The summed E-state index contributed by atoms with van der Waals surface area (Å²) >= 11 is 0. The number of nitrogens with zero attached hydrogens (tertiary/aromatic N) is 1. The van der Waals surface area contributed by atoms with Crippen LogP contribution in [0.1, 0.15) is 48.8 Å². The molecule has 136 valence electrons. The number of hydrogen-bond donors (Lipinski definition) is 2. The molecule has 4 heteroatoms. The maximum absolute atomic E-state index is 12.2. The molecule has 4 rings (SSSR count). The molecule has 0 saturated heterocycles. The second-order valence-electron chi connectivity index (χ2n) is 7.57. The topological polar surface area (TPSA) is 52.6 Å². The highest BCUT2D eigenvalue weighted by atomic mass is 16.3. The lowest BCUT2D eigenvalue weighted by atomic mass is 10.0. The van der Waals surface area contributed by atoms with Gasteiger partial charge in [0.1, 0.15) is 0 Å². The van der Waals surface area contributed by atoms with Crippen LogP contribution in [-0.4, -0.2) is 11.0 Å². The molecule has 1 fully saturated rings. The molecular weight excluding hydrogens is 324 g/mol. The largest absolute Gasteiger partial charge is 0.392 e. The second kappa shape index (κ2) is 7.50. The zero-order chi connectivity index (χ0) is 17.9. The molecule has 1 aliphatic heterocycles. The van der Waals surface area contributed by atoms with Gasteiger partial charge < -0.3 is 15.3 Å². The molecule has 2 aromatic rings. The van der Waals surface area contributed by atoms with Crippen molar-refractivity contribution in [3.8, 4) is 0 Å². The third-order valence-corrected chi connectivity index (χ3v) is 5.64. The number of carbonyl (C=O) groups is 1. The zero-order valence-electron chi connectivity index (χ0n) is 15.1. The summed E-state index contributed by atoms with van der Waals surface area (Å²) in [5, 5.41) is 12.3. The van der Waals surface area contributed by atoms with Crippen molar-refractivity contribution < 1.29 is 9.90 Å². The van der Waals surface area contributed by atoms with Crippen LogP contribution in [0.4, 0.5) is 11.4 Å². The van der Waals surface area contributed by atoms with E-state index in [-0.39, 0.29) is 12.5 Å². The molecule has 0 atom stereocenters. The number of aliphatic hydroxyl groups is 1. The van der Waals surface area contributed by atoms with Crippen LogP contribution in [0.3, 0.4) is 0 Å². The molecule has 0 spiro atoms. The van der Waals surface area contributed by atoms with Gasteiger partial charge in [-0.1, -0.05) is 31.0 Å². The summed E-state index contributed by atoms with van der Waals surface area (Å²) in [6.45, 7) is 1.83. The van der Waals surface area contributed by atoms with Crippen LogP contribution in [0.2, 0.25) is 0 Å². The minimum absolute atomic E-state index is 0.0858. The van der Waals surface area contributed by atoms with Crippen LogP contribution in [0, 0.1) is 5.92 Å². The molecule has 2 aliphatic rings. The summed E-state index contributed by atoms with van der Waals surface area (Å²) in [5.74, 6) is 0.705. The Morgan fingerprint density at radius 3 is 2.50 bits per heavy atom. The van der Waals surface area contributed by atoms with E-state index in [1.165, 1.54) is 36.8 Å². The van der Waals surface area contributed by atoms with Crippen molar-refractivity contribution in [3.05, 3.63) is 59.2 Å². The monoisotopic (exact) mass is 350 g/mol. The first-order valence-corrected chi connectivity index (χ1v) is 9.57. The van der Waals surface area contributed by atoms with Gasteiger partial charge in [0.15, 0.2) is 0 Å². The van der Waals surface area contributed by atoms with Crippen LogP contribution in [-0.2, 0) is 24.5 Å². The fraction of sp³-hybridized carbons (Fsp3) is 0.409. The number of nitrogens with one attached hydrogen (secondary N) is 1. The predicted octanol–water partition coefficient (Wildman–Crippen LogP) is 4.22. The Morgan fingerprint density at radius 1 is 1.04 bits per heavy atom. The van der Waals surface area contributed by atoms with Crippen molar-refractivity contribution >= 4 is 17.3 Å². The van der Waals surface area contributed by atoms with Gasteiger partial charge in [-0.25, -0.2) is 0 Å². The quantitative estimate of drug-likeness (QED) is 0.849. The Kier molecular flexibility index (Phi) is 4.93. The van der Waals surface area contributed by atoms with E-state index in [0.717, 1.165) is 30.0 Å². The van der Waals surface area contributed by atoms with E-state index in [1.54, 1.807) is 0 Å². The normalized spacial score (nSPS) is 16.7. The lowest BCUT2D eigenvalue weighted by Crippen LogP contribution is -2.16. The van der Waals surface area contributed by atoms with Crippen molar-refractivity contribution in [2.24, 2.45) is 5.92 Å². The average molecular weight is 350 g/mol. The highest BCUT2D eigenvalue weighted by Gasteiger charge is 2.20. The van der Waals surface area contributed by atoms with Gasteiger partial charge in [-0.15, -0.1) is 0 Å². The Balaban J connectivity index is 1.36. The zero-order valence-corrected chi connectivity index (χ0v) is 15.1. The molecule has 0 radical (unpaired) electrons. The number of hydrogen-bond acceptors (Lipinski definition) is 3. The van der Waals surface area contributed by atoms with Gasteiger partial charge in [-0.05, 0) is 59.7 Å². The molecule has 4 nitrogen and oxygen atoms in total. The SMILES string of the molecule is O=C(CC1CCCC1)Nc1ccc(N2Cc3ccc(CO)cc3C2)cc1. The maximum atomic E-state index is 12.2. The summed E-state index contributed by atoms with van der Waals surface area (Å²) in [6, 6.07) is 14.3. The Labute approximate surface area is 154 Å². The number of carbonyl (C=O) groups excluding carboxylic acids is 1. The molecule has 26 heavy (non-hydrogen) atoms. The van der Waals surface area contributed by atoms with Gasteiger partial charge in [-0.2, -0.15) is 0 Å². The molecule has 1 saturated carbocycles. The van der Waals surface area contributed by atoms with Gasteiger partial charge in [0.25, 0.3) is 0 Å². The van der Waals surface area contributed by atoms with E-state index in [2.05, 4.69) is 34.5 Å². The van der Waals surface area contributed by atoms with E-state index >= 15 is 0 Å². The molecule has 1 heterocycles. The van der Waals surface area contributed by atoms with E-state index in [9.17, 15) is 9.90 Å². The van der Waals surface area contributed by atoms with E-state index in [0.29, 0.717) is 12.3 Å². The molecule has 0 bridgehead atoms. The van der Waals surface area contributed by atoms with Gasteiger partial charge in [0.05, 0.1) is 6.61 Å². The third-order valence-electron chi connectivity index (χ3n) is 5.64. The van der Waals surface area contributed by atoms with Crippen LogP contribution < -0.4 is 10.2 Å². The van der Waals surface area contributed by atoms with Crippen molar-refractivity contribution in [3.63, 3.8) is 0 Å². The molecule has 0 aromatic heterocycles. The fourth-order valence-corrected chi connectivity index (χ4v) is 4.17. The Bertz CT molecular complexity index is 779. The molecule has 2 N–H and O–H groups in total. The number of benzene rings is 2. The first-order chi connectivity index (χ1) is 12.7. The van der Waals surface area contributed by atoms with Crippen LogP contribution in [0.15, 0.2) is 42.5 Å². The first kappa shape index (κ1) is 17.1. The van der Waals surface area contributed by atoms with Gasteiger partial charge >= 0.3 is 0 Å². The van der Waals surface area contributed by atoms with Crippen LogP contribution in [0.25, 0.3) is 0 Å². The van der Waals surface area contributed by atoms with Crippen molar-refractivity contribution in [2.45, 2.75) is 51.8 Å². The lowest BCUT2D eigenvalue weighted by molar-refractivity contribution is -0.117. The minimum atomic E-state index is 0.0858. The summed E-state index contributed by atoms with van der Waals surface area (Å²) in [6.07, 6.45) is 5.57. The number of aliphatic hydroxyl groups excluding tert-OH is 1. The first-order valence-electron chi connectivity index (χ1n) is 9.57. The Hall–Kier alpha value is -2.33. The molecular formula is C22H26N2O2. The number of fused-ring (bicyclic) bond motifs is 1. The van der Waals surface area contributed by atoms with Crippen molar-refractivity contribution in [1.82, 2.24) is 0 Å². The fourth-order valence-electron chi connectivity index (χ4n) is 4.17. The number of anilines is 2. The maximum Gasteiger partial charge on any atom is 0.224 e. The van der Waals surface area contributed by atoms with Crippen LogP contribution >= 0.6 is 0 Å². The van der Waals surface area contributed by atoms with E-state index < -0.39 is 0 Å². The Morgan fingerprint density at radius 2 is 1.77 bits per heavy atom. The molecule has 1 aliphatic carbocycles. The van der Waals surface area contributed by atoms with Crippen molar-refractivity contribution in [2.75, 3.05) is 10.2 Å². The van der Waals surface area contributed by atoms with Gasteiger partial charge in [0, 0.05) is 30.9 Å². The van der Waals surface area contributed by atoms with E-state index in [4.69, 9.17) is 0 Å². The molecule has 1 amide bonds. The average Bonchev–Trinajstić information content (AvgIpc) is 3.30. The third kappa shape index (κ3) is 3.75. The smallest absolute Gasteiger partial charge is 0.224 e. The lowest BCUT2D eigenvalue weighted by Gasteiger charge is -2.18. The predicted molar refractivity (Wildman–Crippen MR) is 104 cm³/mol.